The number of hydrogen-bond acceptors (Lipinski definition) is 0. The number of H-pyrrole nitrogens is 1. The SMILES string of the molecule is CC.CC.c1ccc(-n2c3ccccc3c3ccc4c5ccccc5[nH]c4c32)cc1. The number of para-hydroxylation sites is 3. The van der Waals surface area contributed by atoms with Crippen LogP contribution in [0.25, 0.3) is 49.3 Å². The Morgan fingerprint density at radius 1 is 0.533 bits per heavy atom. The number of fused-ring (bicyclic) bond motifs is 7. The lowest BCUT2D eigenvalue weighted by molar-refractivity contribution is 1.18. The van der Waals surface area contributed by atoms with Crippen molar-refractivity contribution in [3.8, 4) is 5.69 Å². The van der Waals surface area contributed by atoms with Crippen molar-refractivity contribution in [2.75, 3.05) is 0 Å². The second-order valence-electron chi connectivity index (χ2n) is 6.74. The van der Waals surface area contributed by atoms with Crippen LogP contribution in [0.5, 0.6) is 0 Å². The summed E-state index contributed by atoms with van der Waals surface area (Å²) in [7, 11) is 0. The van der Waals surface area contributed by atoms with Crippen molar-refractivity contribution >= 4 is 43.6 Å². The molecule has 0 bridgehead atoms. The van der Waals surface area contributed by atoms with Gasteiger partial charge in [0.1, 0.15) is 0 Å². The van der Waals surface area contributed by atoms with Crippen LogP contribution in [0.4, 0.5) is 0 Å². The van der Waals surface area contributed by atoms with Crippen LogP contribution < -0.4 is 0 Å². The first-order chi connectivity index (χ1) is 14.9. The lowest BCUT2D eigenvalue weighted by atomic mass is 10.1. The summed E-state index contributed by atoms with van der Waals surface area (Å²) in [6, 6.07) is 32.3. The predicted molar refractivity (Wildman–Crippen MR) is 133 cm³/mol. The van der Waals surface area contributed by atoms with Crippen molar-refractivity contribution < 1.29 is 0 Å². The fraction of sp³-hybridized carbons (Fsp3) is 0.143. The van der Waals surface area contributed by atoms with Gasteiger partial charge in [-0.2, -0.15) is 0 Å². The lowest BCUT2D eigenvalue weighted by Crippen LogP contribution is -1.93. The second-order valence-corrected chi connectivity index (χ2v) is 6.74. The summed E-state index contributed by atoms with van der Waals surface area (Å²) >= 11 is 0. The number of nitrogens with one attached hydrogen (secondary N) is 1. The average molecular weight is 393 g/mol. The van der Waals surface area contributed by atoms with E-state index in [4.69, 9.17) is 0 Å². The summed E-state index contributed by atoms with van der Waals surface area (Å²) in [4.78, 5) is 3.67. The van der Waals surface area contributed by atoms with Gasteiger partial charge in [0.15, 0.2) is 0 Å². The molecule has 6 rings (SSSR count). The molecule has 2 heterocycles. The van der Waals surface area contributed by atoms with E-state index in [1.165, 1.54) is 49.3 Å². The Morgan fingerprint density at radius 3 is 1.90 bits per heavy atom. The molecule has 0 fully saturated rings. The molecule has 0 aliphatic rings. The van der Waals surface area contributed by atoms with Crippen molar-refractivity contribution in [2.45, 2.75) is 27.7 Å². The summed E-state index contributed by atoms with van der Waals surface area (Å²) < 4.78 is 2.38. The maximum absolute atomic E-state index is 3.67. The normalized spacial score (nSPS) is 10.7. The third-order valence-corrected chi connectivity index (χ3v) is 5.33. The summed E-state index contributed by atoms with van der Waals surface area (Å²) in [5.74, 6) is 0. The van der Waals surface area contributed by atoms with Crippen molar-refractivity contribution in [1.82, 2.24) is 9.55 Å². The van der Waals surface area contributed by atoms with Gasteiger partial charge in [0.2, 0.25) is 0 Å². The van der Waals surface area contributed by atoms with Gasteiger partial charge in [-0.05, 0) is 24.3 Å². The molecule has 2 nitrogen and oxygen atoms in total. The van der Waals surface area contributed by atoms with Gasteiger partial charge in [-0.15, -0.1) is 0 Å². The van der Waals surface area contributed by atoms with E-state index < -0.39 is 0 Å². The highest BCUT2D eigenvalue weighted by atomic mass is 15.0. The maximum Gasteiger partial charge on any atom is 0.0783 e. The van der Waals surface area contributed by atoms with Crippen molar-refractivity contribution in [3.05, 3.63) is 91.0 Å². The first kappa shape index (κ1) is 19.8. The molecule has 0 amide bonds. The molecule has 2 aromatic heterocycles. The van der Waals surface area contributed by atoms with E-state index in [1.54, 1.807) is 0 Å². The Bertz CT molecular complexity index is 1420. The highest BCUT2D eigenvalue weighted by molar-refractivity contribution is 6.22. The van der Waals surface area contributed by atoms with Crippen LogP contribution in [-0.2, 0) is 0 Å². The molecule has 30 heavy (non-hydrogen) atoms. The second kappa shape index (κ2) is 8.46. The molecule has 0 radical (unpaired) electrons. The van der Waals surface area contributed by atoms with Crippen LogP contribution in [0.2, 0.25) is 0 Å². The van der Waals surface area contributed by atoms with Crippen LogP contribution in [0, 0.1) is 0 Å². The highest BCUT2D eigenvalue weighted by Gasteiger charge is 2.16. The quantitative estimate of drug-likeness (QED) is 0.290. The van der Waals surface area contributed by atoms with Crippen molar-refractivity contribution in [2.24, 2.45) is 0 Å². The molecular weight excluding hydrogens is 364 g/mol. The van der Waals surface area contributed by atoms with Crippen LogP contribution in [-0.4, -0.2) is 9.55 Å². The molecule has 1 N–H and O–H groups in total. The summed E-state index contributed by atoms with van der Waals surface area (Å²) in [6.07, 6.45) is 0. The third kappa shape index (κ3) is 2.96. The number of rotatable bonds is 1. The van der Waals surface area contributed by atoms with E-state index in [0.717, 1.165) is 0 Å². The molecule has 2 heteroatoms. The number of benzene rings is 4. The molecule has 0 saturated carbocycles. The smallest absolute Gasteiger partial charge is 0.0783 e. The van der Waals surface area contributed by atoms with Gasteiger partial charge >= 0.3 is 0 Å². The van der Waals surface area contributed by atoms with Gasteiger partial charge in [0.25, 0.3) is 0 Å². The predicted octanol–water partition coefficient (Wildman–Crippen LogP) is 8.47. The molecule has 0 saturated heterocycles. The Morgan fingerprint density at radius 2 is 1.13 bits per heavy atom. The monoisotopic (exact) mass is 392 g/mol. The Labute approximate surface area is 177 Å². The average Bonchev–Trinajstić information content (AvgIpc) is 3.38. The van der Waals surface area contributed by atoms with Gasteiger partial charge < -0.3 is 9.55 Å². The summed E-state index contributed by atoms with van der Waals surface area (Å²) in [5.41, 5.74) is 6.04. The maximum atomic E-state index is 3.67. The lowest BCUT2D eigenvalue weighted by Gasteiger charge is -2.08. The van der Waals surface area contributed by atoms with Gasteiger partial charge in [-0.25, -0.2) is 0 Å². The van der Waals surface area contributed by atoms with Gasteiger partial charge in [-0.1, -0.05) is 94.4 Å². The fourth-order valence-electron chi connectivity index (χ4n) is 4.22. The number of aromatic nitrogens is 2. The number of aromatic amines is 1. The topological polar surface area (TPSA) is 20.7 Å². The fourth-order valence-corrected chi connectivity index (χ4v) is 4.22. The molecule has 0 aliphatic heterocycles. The minimum atomic E-state index is 1.18. The largest absolute Gasteiger partial charge is 0.353 e. The molecular formula is C28H28N2. The van der Waals surface area contributed by atoms with E-state index in [-0.39, 0.29) is 0 Å². The van der Waals surface area contributed by atoms with E-state index in [9.17, 15) is 0 Å². The molecule has 6 aromatic rings. The zero-order valence-corrected chi connectivity index (χ0v) is 18.1. The van der Waals surface area contributed by atoms with E-state index in [1.807, 2.05) is 27.7 Å². The Kier molecular flexibility index (Phi) is 5.58. The Balaban J connectivity index is 0.000000516. The first-order valence-corrected chi connectivity index (χ1v) is 10.9. The highest BCUT2D eigenvalue weighted by Crippen LogP contribution is 2.38. The summed E-state index contributed by atoms with van der Waals surface area (Å²) in [5, 5.41) is 5.11. The number of hydrogen-bond donors (Lipinski definition) is 1. The molecule has 4 aromatic carbocycles. The molecule has 0 atom stereocenters. The Hall–Kier alpha value is -3.52. The van der Waals surface area contributed by atoms with Crippen LogP contribution in [0.1, 0.15) is 27.7 Å². The minimum absolute atomic E-state index is 1.18. The zero-order chi connectivity index (χ0) is 21.1. The standard InChI is InChI=1S/C24H16N2.2C2H6/c1-2-8-16(9-3-1)26-22-13-7-5-11-18(22)20-15-14-19-17-10-4-6-12-21(17)25-23(19)24(20)26;2*1-2/h1-15,25H;2*1-2H3. The number of nitrogens with zero attached hydrogens (tertiary/aromatic N) is 1. The van der Waals surface area contributed by atoms with E-state index in [0.29, 0.717) is 0 Å². The van der Waals surface area contributed by atoms with Gasteiger partial charge in [0.05, 0.1) is 16.6 Å². The molecule has 0 unspecified atom stereocenters. The summed E-state index contributed by atoms with van der Waals surface area (Å²) in [6.45, 7) is 8.00. The van der Waals surface area contributed by atoms with Crippen LogP contribution in [0.15, 0.2) is 91.0 Å². The van der Waals surface area contributed by atoms with E-state index in [2.05, 4.69) is 101 Å². The van der Waals surface area contributed by atoms with Crippen molar-refractivity contribution in [3.63, 3.8) is 0 Å². The zero-order valence-electron chi connectivity index (χ0n) is 18.1. The molecule has 0 spiro atoms. The minimum Gasteiger partial charge on any atom is -0.353 e. The van der Waals surface area contributed by atoms with Gasteiger partial charge in [-0.3, -0.25) is 0 Å². The molecule has 0 aliphatic carbocycles. The van der Waals surface area contributed by atoms with Crippen LogP contribution in [0.3, 0.4) is 0 Å². The first-order valence-electron chi connectivity index (χ1n) is 10.9. The van der Waals surface area contributed by atoms with Crippen molar-refractivity contribution in [1.29, 1.82) is 0 Å². The van der Waals surface area contributed by atoms with Crippen LogP contribution >= 0.6 is 0 Å². The van der Waals surface area contributed by atoms with E-state index >= 15 is 0 Å². The molecule has 150 valence electrons. The van der Waals surface area contributed by atoms with Gasteiger partial charge in [0, 0.05) is 32.7 Å². The third-order valence-electron chi connectivity index (χ3n) is 5.33.